The fourth-order valence-electron chi connectivity index (χ4n) is 5.80. The van der Waals surface area contributed by atoms with E-state index >= 15 is 0 Å². The first-order valence-corrected chi connectivity index (χ1v) is 17.3. The molecule has 306 valence electrons. The summed E-state index contributed by atoms with van der Waals surface area (Å²) in [5.41, 5.74) is 0.732. The molecule has 2 rings (SSSR count). The van der Waals surface area contributed by atoms with Crippen molar-refractivity contribution >= 4 is 47.8 Å². The Morgan fingerprint density at radius 1 is 0.444 bits per heavy atom. The molecular formula is C36H54O18. The summed E-state index contributed by atoms with van der Waals surface area (Å²) in [5.74, 6) is -4.71. The van der Waals surface area contributed by atoms with Crippen LogP contribution in [0.25, 0.3) is 0 Å². The molecule has 10 unspecified atom stereocenters. The Morgan fingerprint density at radius 3 is 1.00 bits per heavy atom. The minimum atomic E-state index is -1.13. The first-order valence-electron chi connectivity index (χ1n) is 17.3. The van der Waals surface area contributed by atoms with Crippen molar-refractivity contribution in [1.82, 2.24) is 0 Å². The summed E-state index contributed by atoms with van der Waals surface area (Å²) in [6.07, 6.45) is -8.83. The third kappa shape index (κ3) is 17.0. The maximum absolute atomic E-state index is 11.6. The van der Waals surface area contributed by atoms with Crippen LogP contribution in [-0.2, 0) is 85.7 Å². The lowest BCUT2D eigenvalue weighted by atomic mass is 9.90. The van der Waals surface area contributed by atoms with E-state index in [9.17, 15) is 38.4 Å². The zero-order valence-corrected chi connectivity index (χ0v) is 32.7. The van der Waals surface area contributed by atoms with Crippen LogP contribution >= 0.6 is 0 Å². The van der Waals surface area contributed by atoms with Crippen LogP contribution in [0, 0.1) is 5.92 Å². The standard InChI is InChI=1S/C18H28O9.C18H26O9/c2*1-9(2)7-14-16(24-11(4)20)18(26-13(6)22)17(25-12(5)21)15(27-14)8-23-10(3)19/h9,14-18H,7-8H2,1-6H3;14-18H,1,7-8H2,2-6H3. The average molecular weight is 775 g/mol. The largest absolute Gasteiger partial charge is 0.463 e. The van der Waals surface area contributed by atoms with Crippen molar-refractivity contribution in [3.05, 3.63) is 12.2 Å². The van der Waals surface area contributed by atoms with E-state index in [1.807, 2.05) is 13.8 Å². The van der Waals surface area contributed by atoms with E-state index in [1.54, 1.807) is 6.92 Å². The fourth-order valence-corrected chi connectivity index (χ4v) is 5.80. The maximum atomic E-state index is 11.6. The predicted molar refractivity (Wildman–Crippen MR) is 183 cm³/mol. The van der Waals surface area contributed by atoms with Crippen molar-refractivity contribution < 1.29 is 85.7 Å². The highest BCUT2D eigenvalue weighted by Crippen LogP contribution is 2.33. The summed E-state index contributed by atoms with van der Waals surface area (Å²) in [4.78, 5) is 92.0. The van der Waals surface area contributed by atoms with Crippen LogP contribution < -0.4 is 0 Å². The molecule has 0 N–H and O–H groups in total. The van der Waals surface area contributed by atoms with E-state index < -0.39 is 109 Å². The zero-order valence-electron chi connectivity index (χ0n) is 32.7. The molecule has 0 aromatic carbocycles. The molecule has 0 radical (unpaired) electrons. The first-order chi connectivity index (χ1) is 25.0. The number of hydrogen-bond acceptors (Lipinski definition) is 18. The second kappa shape index (κ2) is 22.6. The van der Waals surface area contributed by atoms with Crippen molar-refractivity contribution in [1.29, 1.82) is 0 Å². The molecule has 0 amide bonds. The third-order valence-electron chi connectivity index (χ3n) is 7.43. The van der Waals surface area contributed by atoms with Gasteiger partial charge in [0, 0.05) is 55.4 Å². The van der Waals surface area contributed by atoms with Crippen molar-refractivity contribution in [2.24, 2.45) is 5.92 Å². The molecule has 54 heavy (non-hydrogen) atoms. The average Bonchev–Trinajstić information content (AvgIpc) is 2.99. The van der Waals surface area contributed by atoms with E-state index in [0.29, 0.717) is 12.8 Å². The van der Waals surface area contributed by atoms with E-state index in [-0.39, 0.29) is 19.1 Å². The van der Waals surface area contributed by atoms with E-state index in [2.05, 4.69) is 6.58 Å². The molecule has 2 saturated heterocycles. The molecule has 0 aromatic rings. The predicted octanol–water partition coefficient (Wildman–Crippen LogP) is 2.24. The van der Waals surface area contributed by atoms with Gasteiger partial charge < -0.3 is 47.4 Å². The lowest BCUT2D eigenvalue weighted by Gasteiger charge is -2.45. The number of ether oxygens (including phenoxy) is 10. The summed E-state index contributed by atoms with van der Waals surface area (Å²) in [6, 6.07) is 0. The van der Waals surface area contributed by atoms with Gasteiger partial charge in [-0.2, -0.15) is 0 Å². The molecule has 0 aliphatic carbocycles. The maximum Gasteiger partial charge on any atom is 0.303 e. The summed E-state index contributed by atoms with van der Waals surface area (Å²) in [5, 5.41) is 0. The molecule has 0 bridgehead atoms. The summed E-state index contributed by atoms with van der Waals surface area (Å²) in [6.45, 7) is 18.7. The van der Waals surface area contributed by atoms with Gasteiger partial charge in [-0.05, 0) is 25.7 Å². The molecule has 0 spiro atoms. The lowest BCUT2D eigenvalue weighted by molar-refractivity contribution is -0.254. The van der Waals surface area contributed by atoms with Gasteiger partial charge in [-0.25, -0.2) is 0 Å². The SMILES string of the molecule is C=C(C)CC1OC(COC(C)=O)C(OC(C)=O)C(OC(C)=O)C1OC(C)=O.CC(=O)OCC1OC(CC(C)C)C(OC(C)=O)C(OC(C)=O)C1OC(C)=O. The molecule has 0 aromatic heterocycles. The summed E-state index contributed by atoms with van der Waals surface area (Å²) < 4.78 is 53.8. The Morgan fingerprint density at radius 2 is 0.722 bits per heavy atom. The highest BCUT2D eigenvalue weighted by atomic mass is 16.7. The molecule has 0 saturated carbocycles. The Kier molecular flexibility index (Phi) is 19.8. The molecule has 2 fully saturated rings. The highest BCUT2D eigenvalue weighted by molar-refractivity contribution is 5.70. The van der Waals surface area contributed by atoms with Crippen molar-refractivity contribution in [3.63, 3.8) is 0 Å². The Labute approximate surface area is 314 Å². The van der Waals surface area contributed by atoms with Gasteiger partial charge in [0.05, 0.1) is 6.10 Å². The molecule has 10 atom stereocenters. The molecular weight excluding hydrogens is 720 g/mol. The number of carbonyl (C=O) groups is 8. The van der Waals surface area contributed by atoms with Crippen LogP contribution in [0.2, 0.25) is 0 Å². The molecule has 18 heteroatoms. The highest BCUT2D eigenvalue weighted by Gasteiger charge is 2.53. The van der Waals surface area contributed by atoms with Crippen LogP contribution in [-0.4, -0.2) is 122 Å². The van der Waals surface area contributed by atoms with Crippen molar-refractivity contribution in [2.45, 2.75) is 150 Å². The normalized spacial score (nSPS) is 27.4. The second-order valence-electron chi connectivity index (χ2n) is 13.3. The van der Waals surface area contributed by atoms with Crippen LogP contribution in [0.3, 0.4) is 0 Å². The fraction of sp³-hybridized carbons (Fsp3) is 0.722. The Hall–Kier alpha value is -4.58. The van der Waals surface area contributed by atoms with Crippen molar-refractivity contribution in [2.75, 3.05) is 13.2 Å². The van der Waals surface area contributed by atoms with E-state index in [1.165, 1.54) is 55.4 Å². The van der Waals surface area contributed by atoms with Gasteiger partial charge in [0.25, 0.3) is 0 Å². The molecule has 2 aliphatic rings. The lowest BCUT2D eigenvalue weighted by Crippen LogP contribution is -2.62. The van der Waals surface area contributed by atoms with Crippen LogP contribution in [0.1, 0.15) is 89.0 Å². The van der Waals surface area contributed by atoms with Gasteiger partial charge in [-0.3, -0.25) is 38.4 Å². The van der Waals surface area contributed by atoms with Gasteiger partial charge in [-0.15, -0.1) is 6.58 Å². The van der Waals surface area contributed by atoms with Crippen molar-refractivity contribution in [3.8, 4) is 0 Å². The number of rotatable bonds is 14. The van der Waals surface area contributed by atoms with Gasteiger partial charge >= 0.3 is 47.8 Å². The molecule has 18 nitrogen and oxygen atoms in total. The van der Waals surface area contributed by atoms with Crippen LogP contribution in [0.15, 0.2) is 12.2 Å². The first kappa shape index (κ1) is 47.4. The zero-order chi connectivity index (χ0) is 41.4. The molecule has 2 aliphatic heterocycles. The topological polar surface area (TPSA) is 229 Å². The smallest absolute Gasteiger partial charge is 0.303 e. The van der Waals surface area contributed by atoms with Crippen LogP contribution in [0.5, 0.6) is 0 Å². The summed E-state index contributed by atoms with van der Waals surface area (Å²) >= 11 is 0. The van der Waals surface area contributed by atoms with Gasteiger partial charge in [0.2, 0.25) is 0 Å². The number of hydrogen-bond donors (Lipinski definition) is 0. The van der Waals surface area contributed by atoms with Gasteiger partial charge in [0.1, 0.15) is 31.5 Å². The minimum absolute atomic E-state index is 0.172. The Balaban J connectivity index is 0.000000540. The quantitative estimate of drug-likeness (QED) is 0.140. The number of esters is 8. The van der Waals surface area contributed by atoms with E-state index in [0.717, 1.165) is 5.57 Å². The third-order valence-corrected chi connectivity index (χ3v) is 7.43. The number of carbonyl (C=O) groups excluding carboxylic acids is 8. The van der Waals surface area contributed by atoms with E-state index in [4.69, 9.17) is 47.4 Å². The minimum Gasteiger partial charge on any atom is -0.463 e. The molecule has 2 heterocycles. The second-order valence-corrected chi connectivity index (χ2v) is 13.3. The Bertz CT molecular complexity index is 1360. The summed E-state index contributed by atoms with van der Waals surface area (Å²) in [7, 11) is 0. The monoisotopic (exact) mass is 774 g/mol. The van der Waals surface area contributed by atoms with Crippen LogP contribution in [0.4, 0.5) is 0 Å². The van der Waals surface area contributed by atoms with Gasteiger partial charge in [0.15, 0.2) is 36.6 Å². The van der Waals surface area contributed by atoms with Gasteiger partial charge in [-0.1, -0.05) is 19.4 Å².